The number of halogens is 3. The zero-order valence-electron chi connectivity index (χ0n) is 12.4. The molecule has 0 aliphatic heterocycles. The summed E-state index contributed by atoms with van der Waals surface area (Å²) in [6.45, 7) is 1.36. The normalized spacial score (nSPS) is 11.5. The molecule has 118 valence electrons. The fraction of sp³-hybridized carbons (Fsp3) is 0.294. The first kappa shape index (κ1) is 16.4. The van der Waals surface area contributed by atoms with Gasteiger partial charge >= 0.3 is 6.18 Å². The van der Waals surface area contributed by atoms with E-state index in [9.17, 15) is 13.2 Å². The zero-order chi connectivity index (χ0) is 16.0. The minimum atomic E-state index is -4.28. The number of hydrogen-bond acceptors (Lipinski definition) is 1. The molecule has 0 amide bonds. The van der Waals surface area contributed by atoms with Gasteiger partial charge in [0.25, 0.3) is 0 Å². The molecular formula is C17H19F3NO+. The number of nitrogens with two attached hydrogens (primary N) is 1. The summed E-state index contributed by atoms with van der Waals surface area (Å²) in [6.07, 6.45) is -3.41. The maximum atomic E-state index is 12.6. The lowest BCUT2D eigenvalue weighted by atomic mass is 10.1. The fourth-order valence-electron chi connectivity index (χ4n) is 2.20. The van der Waals surface area contributed by atoms with Crippen LogP contribution in [-0.4, -0.2) is 13.7 Å². The third kappa shape index (κ3) is 4.77. The Balaban J connectivity index is 1.81. The molecule has 0 spiro atoms. The van der Waals surface area contributed by atoms with Crippen molar-refractivity contribution in [3.8, 4) is 5.75 Å². The molecule has 5 heteroatoms. The van der Waals surface area contributed by atoms with Gasteiger partial charge in [-0.3, -0.25) is 0 Å². The standard InChI is InChI=1S/C17H18F3NO/c1-22-16-7-5-13(6-8-16)9-10-21-12-14-3-2-4-15(11-14)17(18,19)20/h2-8,11,21H,9-10,12H2,1H3/p+1. The van der Waals surface area contributed by atoms with Crippen molar-refractivity contribution in [2.75, 3.05) is 13.7 Å². The van der Waals surface area contributed by atoms with E-state index in [0.29, 0.717) is 12.1 Å². The van der Waals surface area contributed by atoms with Gasteiger partial charge in [0.15, 0.2) is 0 Å². The molecule has 0 saturated carbocycles. The maximum Gasteiger partial charge on any atom is 0.416 e. The van der Waals surface area contributed by atoms with Crippen LogP contribution in [0.25, 0.3) is 0 Å². The average Bonchev–Trinajstić information content (AvgIpc) is 2.52. The molecule has 0 atom stereocenters. The van der Waals surface area contributed by atoms with Gasteiger partial charge in [-0.2, -0.15) is 13.2 Å². The maximum absolute atomic E-state index is 12.6. The summed E-state index contributed by atoms with van der Waals surface area (Å²) in [4.78, 5) is 0. The number of methoxy groups -OCH3 is 1. The Kier molecular flexibility index (Phi) is 5.44. The number of benzene rings is 2. The second kappa shape index (κ2) is 7.31. The van der Waals surface area contributed by atoms with Crippen molar-refractivity contribution in [2.45, 2.75) is 19.1 Å². The monoisotopic (exact) mass is 310 g/mol. The van der Waals surface area contributed by atoms with E-state index < -0.39 is 11.7 Å². The smallest absolute Gasteiger partial charge is 0.416 e. The topological polar surface area (TPSA) is 25.8 Å². The highest BCUT2D eigenvalue weighted by molar-refractivity contribution is 5.27. The van der Waals surface area contributed by atoms with E-state index in [2.05, 4.69) is 0 Å². The summed E-state index contributed by atoms with van der Waals surface area (Å²) in [6, 6.07) is 13.3. The lowest BCUT2D eigenvalue weighted by Gasteiger charge is -2.08. The van der Waals surface area contributed by atoms with Gasteiger partial charge in [0.2, 0.25) is 0 Å². The highest BCUT2D eigenvalue weighted by Crippen LogP contribution is 2.29. The molecule has 2 rings (SSSR count). The van der Waals surface area contributed by atoms with Gasteiger partial charge in [-0.25, -0.2) is 0 Å². The summed E-state index contributed by atoms with van der Waals surface area (Å²) < 4.78 is 42.9. The first-order valence-electron chi connectivity index (χ1n) is 7.10. The van der Waals surface area contributed by atoms with Gasteiger partial charge in [-0.15, -0.1) is 0 Å². The average molecular weight is 310 g/mol. The van der Waals surface area contributed by atoms with Gasteiger partial charge in [0, 0.05) is 12.0 Å². The van der Waals surface area contributed by atoms with Crippen LogP contribution in [0, 0.1) is 0 Å². The van der Waals surface area contributed by atoms with E-state index in [0.717, 1.165) is 24.8 Å². The number of ether oxygens (including phenoxy) is 1. The molecule has 0 fully saturated rings. The van der Waals surface area contributed by atoms with E-state index in [4.69, 9.17) is 4.74 Å². The summed E-state index contributed by atoms with van der Waals surface area (Å²) in [5.74, 6) is 0.816. The summed E-state index contributed by atoms with van der Waals surface area (Å²) in [5.41, 5.74) is 1.28. The summed E-state index contributed by atoms with van der Waals surface area (Å²) >= 11 is 0. The van der Waals surface area contributed by atoms with E-state index in [1.54, 1.807) is 13.2 Å². The lowest BCUT2D eigenvalue weighted by molar-refractivity contribution is -0.670. The molecule has 0 aliphatic rings. The Morgan fingerprint density at radius 2 is 1.73 bits per heavy atom. The third-order valence-electron chi connectivity index (χ3n) is 3.43. The second-order valence-electron chi connectivity index (χ2n) is 5.08. The van der Waals surface area contributed by atoms with Crippen molar-refractivity contribution < 1.29 is 23.2 Å². The number of rotatable bonds is 6. The van der Waals surface area contributed by atoms with E-state index >= 15 is 0 Å². The van der Waals surface area contributed by atoms with Crippen LogP contribution in [-0.2, 0) is 19.1 Å². The highest BCUT2D eigenvalue weighted by atomic mass is 19.4. The summed E-state index contributed by atoms with van der Waals surface area (Å²) in [5, 5.41) is 2.01. The molecule has 0 unspecified atom stereocenters. The minimum Gasteiger partial charge on any atom is -0.497 e. The van der Waals surface area contributed by atoms with Crippen molar-refractivity contribution in [2.24, 2.45) is 0 Å². The van der Waals surface area contributed by atoms with Crippen LogP contribution in [0.1, 0.15) is 16.7 Å². The fourth-order valence-corrected chi connectivity index (χ4v) is 2.20. The van der Waals surface area contributed by atoms with Crippen LogP contribution in [0.15, 0.2) is 48.5 Å². The minimum absolute atomic E-state index is 0.542. The van der Waals surface area contributed by atoms with Crippen molar-refractivity contribution in [1.82, 2.24) is 0 Å². The molecule has 2 nitrogen and oxygen atoms in total. The zero-order valence-corrected chi connectivity index (χ0v) is 12.4. The van der Waals surface area contributed by atoms with Crippen molar-refractivity contribution in [1.29, 1.82) is 0 Å². The Hall–Kier alpha value is -2.01. The van der Waals surface area contributed by atoms with Crippen LogP contribution in [0.2, 0.25) is 0 Å². The van der Waals surface area contributed by atoms with Crippen molar-refractivity contribution in [3.63, 3.8) is 0 Å². The van der Waals surface area contributed by atoms with E-state index in [1.165, 1.54) is 17.7 Å². The molecule has 0 heterocycles. The van der Waals surface area contributed by atoms with Gasteiger partial charge < -0.3 is 10.1 Å². The Bertz CT molecular complexity index is 594. The first-order chi connectivity index (χ1) is 10.5. The lowest BCUT2D eigenvalue weighted by Crippen LogP contribution is -2.83. The third-order valence-corrected chi connectivity index (χ3v) is 3.43. The van der Waals surface area contributed by atoms with Gasteiger partial charge in [0.05, 0.1) is 19.2 Å². The number of alkyl halides is 3. The van der Waals surface area contributed by atoms with Gasteiger partial charge in [0.1, 0.15) is 12.3 Å². The largest absolute Gasteiger partial charge is 0.497 e. The molecular weight excluding hydrogens is 291 g/mol. The Morgan fingerprint density at radius 3 is 2.36 bits per heavy atom. The predicted octanol–water partition coefficient (Wildman–Crippen LogP) is 3.02. The van der Waals surface area contributed by atoms with Crippen LogP contribution >= 0.6 is 0 Å². The molecule has 22 heavy (non-hydrogen) atoms. The van der Waals surface area contributed by atoms with E-state index in [-0.39, 0.29) is 0 Å². The molecule has 2 aromatic rings. The van der Waals surface area contributed by atoms with Crippen LogP contribution < -0.4 is 10.1 Å². The SMILES string of the molecule is COc1ccc(CC[NH2+]Cc2cccc(C(F)(F)F)c2)cc1. The van der Waals surface area contributed by atoms with E-state index in [1.807, 2.05) is 29.6 Å². The van der Waals surface area contributed by atoms with Gasteiger partial charge in [-0.1, -0.05) is 24.3 Å². The van der Waals surface area contributed by atoms with Crippen LogP contribution in [0.5, 0.6) is 5.75 Å². The molecule has 0 radical (unpaired) electrons. The highest BCUT2D eigenvalue weighted by Gasteiger charge is 2.30. The first-order valence-corrected chi connectivity index (χ1v) is 7.10. The number of hydrogen-bond donors (Lipinski definition) is 1. The molecule has 0 bridgehead atoms. The Morgan fingerprint density at radius 1 is 1.00 bits per heavy atom. The number of quaternary nitrogens is 1. The molecule has 2 N–H and O–H groups in total. The Labute approximate surface area is 127 Å². The van der Waals surface area contributed by atoms with Crippen molar-refractivity contribution in [3.05, 3.63) is 65.2 Å². The predicted molar refractivity (Wildman–Crippen MR) is 78.6 cm³/mol. The van der Waals surface area contributed by atoms with Crippen LogP contribution in [0.4, 0.5) is 13.2 Å². The van der Waals surface area contributed by atoms with Crippen molar-refractivity contribution >= 4 is 0 Å². The van der Waals surface area contributed by atoms with Crippen LogP contribution in [0.3, 0.4) is 0 Å². The van der Waals surface area contributed by atoms with Gasteiger partial charge in [-0.05, 0) is 29.8 Å². The molecule has 0 aliphatic carbocycles. The molecule has 0 saturated heterocycles. The quantitative estimate of drug-likeness (QED) is 0.816. The molecule has 0 aromatic heterocycles. The second-order valence-corrected chi connectivity index (χ2v) is 5.08. The molecule has 2 aromatic carbocycles. The summed E-state index contributed by atoms with van der Waals surface area (Å²) in [7, 11) is 1.62.